The van der Waals surface area contributed by atoms with Crippen LogP contribution in [-0.2, 0) is 14.8 Å². The van der Waals surface area contributed by atoms with Gasteiger partial charge in [0, 0.05) is 20.2 Å². The van der Waals surface area contributed by atoms with Gasteiger partial charge in [0.1, 0.15) is 15.2 Å². The van der Waals surface area contributed by atoms with Crippen LogP contribution in [0.2, 0.25) is 0 Å². The number of nitrogens with zero attached hydrogens (tertiary/aromatic N) is 2. The predicted molar refractivity (Wildman–Crippen MR) is 72.4 cm³/mol. The minimum Gasteiger partial charge on any atom is -0.377 e. The number of thiophene rings is 1. The van der Waals surface area contributed by atoms with E-state index in [1.165, 1.54) is 16.4 Å². The van der Waals surface area contributed by atoms with E-state index in [4.69, 9.17) is 10.00 Å². The van der Waals surface area contributed by atoms with Crippen LogP contribution >= 0.6 is 11.3 Å². The topological polar surface area (TPSA) is 70.4 Å². The summed E-state index contributed by atoms with van der Waals surface area (Å²) in [6.07, 6.45) is 1.63. The summed E-state index contributed by atoms with van der Waals surface area (Å²) < 4.78 is 32.1. The lowest BCUT2D eigenvalue weighted by Crippen LogP contribution is -2.49. The smallest absolute Gasteiger partial charge is 0.252 e. The van der Waals surface area contributed by atoms with Crippen molar-refractivity contribution >= 4 is 21.4 Å². The van der Waals surface area contributed by atoms with Crippen LogP contribution in [0.3, 0.4) is 0 Å². The molecule has 0 amide bonds. The van der Waals surface area contributed by atoms with E-state index in [0.29, 0.717) is 18.0 Å². The molecule has 1 unspecified atom stereocenters. The van der Waals surface area contributed by atoms with Crippen LogP contribution in [0.25, 0.3) is 0 Å². The number of piperidine rings is 1. The molecular weight excluding hydrogens is 284 g/mol. The minimum absolute atomic E-state index is 0.226. The molecule has 1 aromatic heterocycles. The average molecular weight is 300 g/mol. The SMILES string of the molecule is COC1(C)CCCN(S(=O)(=O)c2ccc(C#N)s2)C1. The van der Waals surface area contributed by atoms with Crippen molar-refractivity contribution in [2.45, 2.75) is 29.6 Å². The Morgan fingerprint density at radius 1 is 1.53 bits per heavy atom. The van der Waals surface area contributed by atoms with Gasteiger partial charge in [0.15, 0.2) is 0 Å². The van der Waals surface area contributed by atoms with Gasteiger partial charge in [0.05, 0.1) is 5.60 Å². The van der Waals surface area contributed by atoms with E-state index >= 15 is 0 Å². The molecule has 1 aliphatic heterocycles. The normalized spacial score (nSPS) is 25.1. The number of nitriles is 1. The van der Waals surface area contributed by atoms with Crippen molar-refractivity contribution in [2.75, 3.05) is 20.2 Å². The van der Waals surface area contributed by atoms with Crippen LogP contribution < -0.4 is 0 Å². The molecule has 0 radical (unpaired) electrons. The highest BCUT2D eigenvalue weighted by molar-refractivity contribution is 7.91. The summed E-state index contributed by atoms with van der Waals surface area (Å²) in [5.41, 5.74) is -0.430. The van der Waals surface area contributed by atoms with Gasteiger partial charge in [-0.3, -0.25) is 0 Å². The lowest BCUT2D eigenvalue weighted by Gasteiger charge is -2.38. The van der Waals surface area contributed by atoms with Crippen molar-refractivity contribution < 1.29 is 13.2 Å². The Bertz CT molecular complexity index is 603. The molecule has 1 saturated heterocycles. The lowest BCUT2D eigenvalue weighted by molar-refractivity contribution is -0.0319. The zero-order chi connectivity index (χ0) is 14.1. The van der Waals surface area contributed by atoms with Crippen LogP contribution in [0.4, 0.5) is 0 Å². The van der Waals surface area contributed by atoms with Crippen molar-refractivity contribution in [2.24, 2.45) is 0 Å². The van der Waals surface area contributed by atoms with Crippen LogP contribution in [0.5, 0.6) is 0 Å². The highest BCUT2D eigenvalue weighted by Gasteiger charge is 2.37. The summed E-state index contributed by atoms with van der Waals surface area (Å²) in [6.45, 7) is 2.77. The van der Waals surface area contributed by atoms with Gasteiger partial charge < -0.3 is 4.74 Å². The van der Waals surface area contributed by atoms with Crippen LogP contribution in [-0.4, -0.2) is 38.5 Å². The first-order valence-corrected chi connectivity index (χ1v) is 8.22. The first kappa shape index (κ1) is 14.5. The standard InChI is InChI=1S/C12H16N2O3S2/c1-12(17-2)6-3-7-14(9-12)19(15,16)11-5-4-10(8-13)18-11/h4-5H,3,6-7,9H2,1-2H3. The zero-order valence-corrected chi connectivity index (χ0v) is 12.6. The van der Waals surface area contributed by atoms with Crippen LogP contribution in [0.1, 0.15) is 24.6 Å². The summed E-state index contributed by atoms with van der Waals surface area (Å²) in [5.74, 6) is 0. The molecule has 2 rings (SSSR count). The summed E-state index contributed by atoms with van der Waals surface area (Å²) in [4.78, 5) is 0.407. The first-order chi connectivity index (χ1) is 8.91. The third kappa shape index (κ3) is 2.82. The Balaban J connectivity index is 2.27. The Morgan fingerprint density at radius 3 is 2.84 bits per heavy atom. The Kier molecular flexibility index (Phi) is 3.97. The van der Waals surface area contributed by atoms with E-state index in [2.05, 4.69) is 0 Å². The number of hydrogen-bond donors (Lipinski definition) is 0. The van der Waals surface area contributed by atoms with Gasteiger partial charge in [-0.05, 0) is 31.9 Å². The quantitative estimate of drug-likeness (QED) is 0.853. The molecule has 0 aromatic carbocycles. The molecule has 19 heavy (non-hydrogen) atoms. The van der Waals surface area contributed by atoms with Crippen LogP contribution in [0.15, 0.2) is 16.3 Å². The van der Waals surface area contributed by atoms with E-state index in [1.54, 1.807) is 7.11 Å². The molecule has 0 N–H and O–H groups in total. The maximum atomic E-state index is 12.5. The van der Waals surface area contributed by atoms with E-state index in [0.717, 1.165) is 24.2 Å². The molecule has 104 valence electrons. The van der Waals surface area contributed by atoms with Crippen LogP contribution in [0, 0.1) is 11.3 Å². The highest BCUT2D eigenvalue weighted by atomic mass is 32.2. The number of ether oxygens (including phenoxy) is 1. The maximum Gasteiger partial charge on any atom is 0.252 e. The molecule has 0 saturated carbocycles. The zero-order valence-electron chi connectivity index (χ0n) is 10.9. The number of methoxy groups -OCH3 is 1. The molecular formula is C12H16N2O3S2. The molecule has 1 aromatic rings. The summed E-state index contributed by atoms with van der Waals surface area (Å²) in [7, 11) is -1.91. The van der Waals surface area contributed by atoms with Gasteiger partial charge in [-0.2, -0.15) is 9.57 Å². The van der Waals surface area contributed by atoms with E-state index < -0.39 is 15.6 Å². The van der Waals surface area contributed by atoms with Gasteiger partial charge in [0.25, 0.3) is 10.0 Å². The third-order valence-electron chi connectivity index (χ3n) is 3.40. The largest absolute Gasteiger partial charge is 0.377 e. The molecule has 1 atom stereocenters. The number of sulfonamides is 1. The highest BCUT2D eigenvalue weighted by Crippen LogP contribution is 2.30. The fourth-order valence-electron chi connectivity index (χ4n) is 2.18. The fourth-order valence-corrected chi connectivity index (χ4v) is 5.03. The third-order valence-corrected chi connectivity index (χ3v) is 6.70. The Hall–Kier alpha value is -0.940. The molecule has 5 nitrogen and oxygen atoms in total. The molecule has 0 spiro atoms. The van der Waals surface area contributed by atoms with E-state index in [1.807, 2.05) is 13.0 Å². The van der Waals surface area contributed by atoms with E-state index in [-0.39, 0.29) is 4.21 Å². The predicted octanol–water partition coefficient (Wildman–Crippen LogP) is 1.81. The molecule has 2 heterocycles. The summed E-state index contributed by atoms with van der Waals surface area (Å²) >= 11 is 1.01. The molecule has 1 fully saturated rings. The van der Waals surface area contributed by atoms with Gasteiger partial charge >= 0.3 is 0 Å². The minimum atomic E-state index is -3.51. The Labute approximate surface area is 117 Å². The number of rotatable bonds is 3. The van der Waals surface area contributed by atoms with Gasteiger partial charge in [-0.1, -0.05) is 0 Å². The number of hydrogen-bond acceptors (Lipinski definition) is 5. The van der Waals surface area contributed by atoms with Crippen molar-refractivity contribution in [3.63, 3.8) is 0 Å². The van der Waals surface area contributed by atoms with Crippen molar-refractivity contribution in [3.05, 3.63) is 17.0 Å². The van der Waals surface area contributed by atoms with Crippen molar-refractivity contribution in [1.29, 1.82) is 5.26 Å². The van der Waals surface area contributed by atoms with Gasteiger partial charge in [0.2, 0.25) is 0 Å². The van der Waals surface area contributed by atoms with Crippen molar-refractivity contribution in [1.82, 2.24) is 4.31 Å². The first-order valence-electron chi connectivity index (χ1n) is 5.96. The second-order valence-electron chi connectivity index (χ2n) is 4.83. The second-order valence-corrected chi connectivity index (χ2v) is 8.08. The average Bonchev–Trinajstić information content (AvgIpc) is 2.88. The summed E-state index contributed by atoms with van der Waals surface area (Å²) in [5, 5.41) is 8.78. The molecule has 0 bridgehead atoms. The maximum absolute atomic E-state index is 12.5. The Morgan fingerprint density at radius 2 is 2.26 bits per heavy atom. The second kappa shape index (κ2) is 5.21. The molecule has 1 aliphatic rings. The fraction of sp³-hybridized carbons (Fsp3) is 0.583. The van der Waals surface area contributed by atoms with Crippen molar-refractivity contribution in [3.8, 4) is 6.07 Å². The van der Waals surface area contributed by atoms with Gasteiger partial charge in [-0.25, -0.2) is 8.42 Å². The monoisotopic (exact) mass is 300 g/mol. The summed E-state index contributed by atoms with van der Waals surface area (Å²) in [6, 6.07) is 5.00. The lowest BCUT2D eigenvalue weighted by atomic mass is 9.96. The van der Waals surface area contributed by atoms with E-state index in [9.17, 15) is 8.42 Å². The molecule has 7 heteroatoms. The van der Waals surface area contributed by atoms with Gasteiger partial charge in [-0.15, -0.1) is 11.3 Å². The molecule has 0 aliphatic carbocycles.